The van der Waals surface area contributed by atoms with Gasteiger partial charge in [0.25, 0.3) is 0 Å². The van der Waals surface area contributed by atoms with Crippen LogP contribution >= 0.6 is 38.9 Å². The summed E-state index contributed by atoms with van der Waals surface area (Å²) in [6.07, 6.45) is 1.91. The van der Waals surface area contributed by atoms with Gasteiger partial charge in [-0.05, 0) is 18.2 Å². The van der Waals surface area contributed by atoms with Crippen molar-refractivity contribution in [2.45, 2.75) is 11.4 Å². The molecule has 0 N–H and O–H groups in total. The highest BCUT2D eigenvalue weighted by molar-refractivity contribution is 9.10. The molecule has 0 unspecified atom stereocenters. The minimum absolute atomic E-state index is 0.158. The van der Waals surface area contributed by atoms with Gasteiger partial charge in [-0.25, -0.2) is 13.4 Å². The summed E-state index contributed by atoms with van der Waals surface area (Å²) in [5.41, 5.74) is 1.12. The van der Waals surface area contributed by atoms with Gasteiger partial charge in [0.15, 0.2) is 0 Å². The summed E-state index contributed by atoms with van der Waals surface area (Å²) in [7, 11) is -3.59. The second kappa shape index (κ2) is 8.83. The average molecular weight is 513 g/mol. The maximum Gasteiger partial charge on any atom is 0.244 e. The van der Waals surface area contributed by atoms with E-state index in [0.29, 0.717) is 26.2 Å². The molecule has 1 fully saturated rings. The minimum Gasteiger partial charge on any atom is -0.296 e. The molecule has 1 aliphatic rings. The number of rotatable bonds is 5. The molecule has 152 valence electrons. The van der Waals surface area contributed by atoms with E-state index < -0.39 is 10.0 Å². The topological polar surface area (TPSA) is 53.5 Å². The van der Waals surface area contributed by atoms with Crippen LogP contribution in [0.3, 0.4) is 0 Å². The fraction of sp³-hybridized carbons (Fsp3) is 0.250. The third kappa shape index (κ3) is 4.73. The molecule has 2 aromatic carbocycles. The van der Waals surface area contributed by atoms with Gasteiger partial charge in [-0.15, -0.1) is 11.3 Å². The third-order valence-electron chi connectivity index (χ3n) is 4.80. The van der Waals surface area contributed by atoms with E-state index in [9.17, 15) is 8.42 Å². The molecule has 9 heteroatoms. The zero-order chi connectivity index (χ0) is 20.4. The average Bonchev–Trinajstić information content (AvgIpc) is 3.17. The van der Waals surface area contributed by atoms with Crippen LogP contribution in [-0.4, -0.2) is 48.8 Å². The monoisotopic (exact) mass is 511 g/mol. The van der Waals surface area contributed by atoms with Gasteiger partial charge >= 0.3 is 0 Å². The molecular formula is C20H19BrClN3O2S2. The van der Waals surface area contributed by atoms with Gasteiger partial charge in [-0.1, -0.05) is 57.9 Å². The van der Waals surface area contributed by atoms with Crippen molar-refractivity contribution in [2.75, 3.05) is 26.2 Å². The van der Waals surface area contributed by atoms with E-state index in [1.54, 1.807) is 29.5 Å². The molecule has 0 aliphatic carbocycles. The molecule has 5 nitrogen and oxygen atoms in total. The molecule has 4 rings (SSSR count). The van der Waals surface area contributed by atoms with E-state index in [1.807, 2.05) is 24.4 Å². The normalized spacial score (nSPS) is 16.2. The quantitative estimate of drug-likeness (QED) is 0.496. The molecule has 2 heterocycles. The number of hydrogen-bond acceptors (Lipinski definition) is 5. The zero-order valence-corrected chi connectivity index (χ0v) is 19.4. The van der Waals surface area contributed by atoms with Crippen molar-refractivity contribution in [2.24, 2.45) is 0 Å². The van der Waals surface area contributed by atoms with E-state index in [1.165, 1.54) is 9.18 Å². The fourth-order valence-electron chi connectivity index (χ4n) is 3.27. The molecule has 3 aromatic rings. The first kappa shape index (κ1) is 21.0. The maximum absolute atomic E-state index is 12.9. The van der Waals surface area contributed by atoms with E-state index in [4.69, 9.17) is 11.6 Å². The Labute approximate surface area is 188 Å². The molecule has 0 radical (unpaired) electrons. The molecule has 29 heavy (non-hydrogen) atoms. The minimum atomic E-state index is -3.59. The Morgan fingerprint density at radius 3 is 2.48 bits per heavy atom. The lowest BCUT2D eigenvalue weighted by atomic mass is 10.2. The van der Waals surface area contributed by atoms with E-state index >= 15 is 0 Å². The number of nitrogens with zero attached hydrogens (tertiary/aromatic N) is 3. The first-order valence-corrected chi connectivity index (χ1v) is 12.5. The van der Waals surface area contributed by atoms with Crippen LogP contribution in [0.25, 0.3) is 10.6 Å². The van der Waals surface area contributed by atoms with E-state index in [0.717, 1.165) is 21.6 Å². The van der Waals surface area contributed by atoms with Gasteiger partial charge in [0.05, 0.1) is 5.02 Å². The lowest BCUT2D eigenvalue weighted by Gasteiger charge is -2.33. The number of benzene rings is 2. The Bertz CT molecular complexity index is 1100. The first-order chi connectivity index (χ1) is 13.9. The van der Waals surface area contributed by atoms with Gasteiger partial charge in [-0.3, -0.25) is 4.90 Å². The summed E-state index contributed by atoms with van der Waals surface area (Å²) in [6, 6.07) is 15.0. The summed E-state index contributed by atoms with van der Waals surface area (Å²) < 4.78 is 28.2. The Kier molecular flexibility index (Phi) is 6.38. The fourth-order valence-corrected chi connectivity index (χ4v) is 6.66. The van der Waals surface area contributed by atoms with Crippen LogP contribution in [0.4, 0.5) is 0 Å². The van der Waals surface area contributed by atoms with Crippen molar-refractivity contribution in [1.29, 1.82) is 0 Å². The van der Waals surface area contributed by atoms with Crippen molar-refractivity contribution in [3.8, 4) is 10.6 Å². The maximum atomic E-state index is 12.9. The summed E-state index contributed by atoms with van der Waals surface area (Å²) in [4.78, 5) is 8.13. The molecule has 0 bridgehead atoms. The molecule has 0 atom stereocenters. The summed E-state index contributed by atoms with van der Waals surface area (Å²) in [5.74, 6) is 0. The second-order valence-electron chi connectivity index (χ2n) is 6.75. The summed E-state index contributed by atoms with van der Waals surface area (Å²) in [5, 5.41) is 1.24. The predicted molar refractivity (Wildman–Crippen MR) is 121 cm³/mol. The Morgan fingerprint density at radius 1 is 1.07 bits per heavy atom. The predicted octanol–water partition coefficient (Wildman–Crippen LogP) is 4.73. The zero-order valence-electron chi connectivity index (χ0n) is 15.5. The summed E-state index contributed by atoms with van der Waals surface area (Å²) >= 11 is 11.2. The molecule has 1 aromatic heterocycles. The van der Waals surface area contributed by atoms with E-state index in [-0.39, 0.29) is 9.92 Å². The smallest absolute Gasteiger partial charge is 0.244 e. The highest BCUT2D eigenvalue weighted by atomic mass is 79.9. The van der Waals surface area contributed by atoms with E-state index in [2.05, 4.69) is 37.9 Å². The van der Waals surface area contributed by atoms with Crippen LogP contribution in [0.5, 0.6) is 0 Å². The van der Waals surface area contributed by atoms with Crippen LogP contribution < -0.4 is 0 Å². The number of aromatic nitrogens is 1. The Morgan fingerprint density at radius 2 is 1.79 bits per heavy atom. The number of hydrogen-bond donors (Lipinski definition) is 0. The lowest BCUT2D eigenvalue weighted by Crippen LogP contribution is -2.48. The molecule has 0 amide bonds. The molecule has 0 spiro atoms. The van der Waals surface area contributed by atoms with Gasteiger partial charge in [0.1, 0.15) is 9.90 Å². The molecule has 1 aliphatic heterocycles. The SMILES string of the molecule is O=S(=O)(c1ccc(Br)cc1Cl)N1CCN(Cc2cnc(-c3ccccc3)s2)CC1. The van der Waals surface area contributed by atoms with Crippen molar-refractivity contribution in [1.82, 2.24) is 14.2 Å². The number of piperazine rings is 1. The number of halogens is 2. The number of thiazole rings is 1. The second-order valence-corrected chi connectivity index (χ2v) is 11.1. The standard InChI is InChI=1S/C20H19BrClN3O2S2/c21-16-6-7-19(18(22)12-16)29(26,27)25-10-8-24(9-11-25)14-17-13-23-20(28-17)15-4-2-1-3-5-15/h1-7,12-13H,8-11,14H2. The molecule has 1 saturated heterocycles. The number of sulfonamides is 1. The summed E-state index contributed by atoms with van der Waals surface area (Å²) in [6.45, 7) is 3.01. The Hall–Kier alpha value is -1.29. The van der Waals surface area contributed by atoms with Crippen LogP contribution in [0.15, 0.2) is 64.1 Å². The van der Waals surface area contributed by atoms with Gasteiger partial charge in [-0.2, -0.15) is 4.31 Å². The lowest BCUT2D eigenvalue weighted by molar-refractivity contribution is 0.183. The third-order valence-corrected chi connectivity index (χ3v) is 8.70. The van der Waals surface area contributed by atoms with Gasteiger partial charge in [0.2, 0.25) is 10.0 Å². The highest BCUT2D eigenvalue weighted by Gasteiger charge is 2.30. The highest BCUT2D eigenvalue weighted by Crippen LogP contribution is 2.29. The van der Waals surface area contributed by atoms with Crippen molar-refractivity contribution < 1.29 is 8.42 Å². The van der Waals surface area contributed by atoms with Crippen molar-refractivity contribution >= 4 is 48.9 Å². The molecular weight excluding hydrogens is 494 g/mol. The van der Waals surface area contributed by atoms with Crippen LogP contribution in [0.2, 0.25) is 5.02 Å². The van der Waals surface area contributed by atoms with Crippen molar-refractivity contribution in [3.63, 3.8) is 0 Å². The van der Waals surface area contributed by atoms with Gasteiger partial charge < -0.3 is 0 Å². The van der Waals surface area contributed by atoms with Crippen LogP contribution in [0, 0.1) is 0 Å². The first-order valence-electron chi connectivity index (χ1n) is 9.11. The molecule has 0 saturated carbocycles. The van der Waals surface area contributed by atoms with Gasteiger partial charge in [0, 0.05) is 53.8 Å². The largest absolute Gasteiger partial charge is 0.296 e. The van der Waals surface area contributed by atoms with Crippen LogP contribution in [-0.2, 0) is 16.6 Å². The Balaban J connectivity index is 1.39. The van der Waals surface area contributed by atoms with Crippen molar-refractivity contribution in [3.05, 3.63) is 69.1 Å². The van der Waals surface area contributed by atoms with Crippen LogP contribution in [0.1, 0.15) is 4.88 Å².